The van der Waals surface area contributed by atoms with E-state index in [1.54, 1.807) is 6.08 Å². The van der Waals surface area contributed by atoms with Gasteiger partial charge in [0.2, 0.25) is 0 Å². The minimum atomic E-state index is -4.84. The lowest BCUT2D eigenvalue weighted by Crippen LogP contribution is -2.30. The normalized spacial score (nSPS) is 14.4. The summed E-state index contributed by atoms with van der Waals surface area (Å²) in [6.45, 7) is 3.28. The molecule has 0 fully saturated rings. The Morgan fingerprint density at radius 2 is 1.16 bits per heavy atom. The molecule has 0 bridgehead atoms. The molecule has 0 aromatic carbocycles. The van der Waals surface area contributed by atoms with E-state index in [4.69, 9.17) is 19.3 Å². The van der Waals surface area contributed by atoms with Crippen LogP contribution in [0.2, 0.25) is 0 Å². The van der Waals surface area contributed by atoms with Gasteiger partial charge in [-0.2, -0.15) is 0 Å². The molecule has 4 N–H and O–H groups in total. The summed E-state index contributed by atoms with van der Waals surface area (Å²) < 4.78 is 26.1. The third kappa shape index (κ3) is 34.1. The van der Waals surface area contributed by atoms with Gasteiger partial charge in [0.25, 0.3) is 0 Å². The fourth-order valence-corrected chi connectivity index (χ4v) is 5.17. The van der Waals surface area contributed by atoms with Gasteiger partial charge in [0, 0.05) is 12.8 Å². The number of esters is 2. The highest BCUT2D eigenvalue weighted by molar-refractivity contribution is 7.46. The summed E-state index contributed by atoms with van der Waals surface area (Å²) >= 11 is 0. The number of carbonyl (C=O) groups excluding carboxylic acids is 2. The number of hydrogen-bond acceptors (Lipinski definition) is 8. The maximum absolute atomic E-state index is 12.4. The predicted octanol–water partition coefficient (Wildman–Crippen LogP) is 8.90. The Kier molecular flexibility index (Phi) is 32.2. The zero-order valence-corrected chi connectivity index (χ0v) is 31.6. The summed E-state index contributed by atoms with van der Waals surface area (Å²) in [6, 6.07) is 0. The first kappa shape index (κ1) is 47.7. The minimum absolute atomic E-state index is 0.108. The number of unbranched alkanes of at least 4 members (excludes halogenated alkanes) is 9. The molecule has 11 heteroatoms. The highest BCUT2D eigenvalue weighted by Crippen LogP contribution is 2.36. The van der Waals surface area contributed by atoms with E-state index >= 15 is 0 Å². The first-order valence-electron chi connectivity index (χ1n) is 18.7. The molecule has 0 unspecified atom stereocenters. The Morgan fingerprint density at radius 1 is 0.620 bits per heavy atom. The van der Waals surface area contributed by atoms with Crippen molar-refractivity contribution in [2.75, 3.05) is 13.2 Å². The summed E-state index contributed by atoms with van der Waals surface area (Å²) in [5.74, 6) is -1.19. The third-order valence-corrected chi connectivity index (χ3v) is 8.21. The smallest absolute Gasteiger partial charge is 0.462 e. The summed E-state index contributed by atoms with van der Waals surface area (Å²) in [5, 5.41) is 20.5. The number of carbonyl (C=O) groups is 2. The van der Waals surface area contributed by atoms with Gasteiger partial charge in [0.05, 0.1) is 18.8 Å². The highest BCUT2D eigenvalue weighted by atomic mass is 31.2. The van der Waals surface area contributed by atoms with E-state index in [1.807, 2.05) is 12.2 Å². The van der Waals surface area contributed by atoms with Gasteiger partial charge in [0.15, 0.2) is 6.10 Å². The molecule has 0 heterocycles. The van der Waals surface area contributed by atoms with Crippen LogP contribution >= 0.6 is 7.82 Å². The van der Waals surface area contributed by atoms with Crippen LogP contribution in [0.1, 0.15) is 142 Å². The van der Waals surface area contributed by atoms with Crippen LogP contribution in [0.25, 0.3) is 0 Å². The zero-order chi connectivity index (χ0) is 37.1. The van der Waals surface area contributed by atoms with Gasteiger partial charge in [-0.15, -0.1) is 0 Å². The van der Waals surface area contributed by atoms with Crippen LogP contribution in [-0.4, -0.2) is 63.5 Å². The van der Waals surface area contributed by atoms with E-state index in [9.17, 15) is 24.4 Å². The van der Waals surface area contributed by atoms with Crippen LogP contribution in [0.15, 0.2) is 60.8 Å². The van der Waals surface area contributed by atoms with Crippen molar-refractivity contribution in [2.45, 2.75) is 161 Å². The fraction of sp³-hybridized carbons (Fsp3) is 0.692. The van der Waals surface area contributed by atoms with Crippen LogP contribution in [0.5, 0.6) is 0 Å². The van der Waals surface area contributed by atoms with Crippen molar-refractivity contribution in [3.8, 4) is 0 Å². The fourth-order valence-electron chi connectivity index (χ4n) is 4.81. The molecule has 0 aliphatic rings. The van der Waals surface area contributed by atoms with E-state index in [0.717, 1.165) is 64.2 Å². The lowest BCUT2D eigenvalue weighted by atomic mass is 10.0. The Hall–Kier alpha value is -2.33. The number of rotatable bonds is 33. The Bertz CT molecular complexity index is 1030. The number of hydrogen-bond donors (Lipinski definition) is 4. The van der Waals surface area contributed by atoms with Crippen molar-refractivity contribution < 1.29 is 48.2 Å². The second-order valence-electron chi connectivity index (χ2n) is 12.5. The monoisotopic (exact) mass is 726 g/mol. The summed E-state index contributed by atoms with van der Waals surface area (Å²) in [4.78, 5) is 42.7. The highest BCUT2D eigenvalue weighted by Gasteiger charge is 2.23. The molecule has 0 saturated carbocycles. The van der Waals surface area contributed by atoms with E-state index in [1.165, 1.54) is 25.7 Å². The molecule has 0 aromatic rings. The van der Waals surface area contributed by atoms with Crippen molar-refractivity contribution in [1.82, 2.24) is 0 Å². The standard InChI is InChI=1S/C39H67O10P/c1-3-5-7-9-11-13-15-17-19-21-23-25-27-31-38(42)47-33-35(34-48-50(44,45)46)49-39(43)32-28-30-37(41)36(40)29-26-24-22-20-18-16-14-12-10-8-6-4-2/h6,8,12-15,18,20,24,26,35-37,40-41H,3-5,7,9-11,16-17,19,21-23,25,27-34H2,1-2H3,(H2,44,45,46)/b8-6-,14-12-,15-13-,20-18-,26-24-/t35-,36-,37-/m1/s1. The molecule has 0 aliphatic heterocycles. The van der Waals surface area contributed by atoms with Crippen LogP contribution in [0.3, 0.4) is 0 Å². The molecule has 0 aromatic heterocycles. The lowest BCUT2D eigenvalue weighted by Gasteiger charge is -2.19. The average molecular weight is 727 g/mol. The second kappa shape index (κ2) is 33.8. The lowest BCUT2D eigenvalue weighted by molar-refractivity contribution is -0.161. The number of aliphatic hydroxyl groups excluding tert-OH is 2. The molecule has 0 saturated heterocycles. The van der Waals surface area contributed by atoms with Crippen LogP contribution in [0, 0.1) is 0 Å². The third-order valence-electron chi connectivity index (χ3n) is 7.72. The number of phosphoric ester groups is 1. The first-order chi connectivity index (χ1) is 24.1. The quantitative estimate of drug-likeness (QED) is 0.0223. The number of allylic oxidation sites excluding steroid dienone is 9. The maximum Gasteiger partial charge on any atom is 0.469 e. The van der Waals surface area contributed by atoms with Crippen LogP contribution in [0.4, 0.5) is 0 Å². The van der Waals surface area contributed by atoms with E-state index < -0.39 is 51.3 Å². The van der Waals surface area contributed by atoms with Gasteiger partial charge in [0.1, 0.15) is 6.61 Å². The molecule has 0 spiro atoms. The van der Waals surface area contributed by atoms with Crippen molar-refractivity contribution in [3.05, 3.63) is 60.8 Å². The SMILES string of the molecule is CC/C=C\C/C=C\C/C=C\C/C=C\C[C@@H](O)[C@H](O)CCCC(=O)O[C@H](COC(=O)CCCCCCC/C=C\CCCCCC)COP(=O)(O)O. The van der Waals surface area contributed by atoms with Gasteiger partial charge in [-0.1, -0.05) is 113 Å². The van der Waals surface area contributed by atoms with Crippen molar-refractivity contribution in [3.63, 3.8) is 0 Å². The molecule has 3 atom stereocenters. The van der Waals surface area contributed by atoms with Crippen molar-refractivity contribution >= 4 is 19.8 Å². The van der Waals surface area contributed by atoms with Crippen molar-refractivity contribution in [1.29, 1.82) is 0 Å². The zero-order valence-electron chi connectivity index (χ0n) is 30.7. The molecular weight excluding hydrogens is 659 g/mol. The Balaban J connectivity index is 4.28. The maximum atomic E-state index is 12.4. The number of ether oxygens (including phenoxy) is 2. The topological polar surface area (TPSA) is 160 Å². The average Bonchev–Trinajstić information content (AvgIpc) is 3.07. The first-order valence-corrected chi connectivity index (χ1v) is 20.3. The van der Waals surface area contributed by atoms with E-state index in [2.05, 4.69) is 60.9 Å². The van der Waals surface area contributed by atoms with Gasteiger partial charge < -0.3 is 29.5 Å². The molecule has 0 rings (SSSR count). The summed E-state index contributed by atoms with van der Waals surface area (Å²) in [7, 11) is -4.84. The van der Waals surface area contributed by atoms with Gasteiger partial charge in [-0.3, -0.25) is 14.1 Å². The molecule has 0 aliphatic carbocycles. The molecule has 0 radical (unpaired) electrons. The molecular formula is C39H67O10P. The van der Waals surface area contributed by atoms with E-state index in [-0.39, 0.29) is 32.1 Å². The predicted molar refractivity (Wildman–Crippen MR) is 200 cm³/mol. The van der Waals surface area contributed by atoms with Gasteiger partial charge in [-0.25, -0.2) is 4.57 Å². The molecule has 288 valence electrons. The van der Waals surface area contributed by atoms with Crippen molar-refractivity contribution in [2.24, 2.45) is 0 Å². The molecule has 10 nitrogen and oxygen atoms in total. The van der Waals surface area contributed by atoms with Gasteiger partial charge in [-0.05, 0) is 77.0 Å². The Labute approximate surface area is 302 Å². The number of aliphatic hydroxyl groups is 2. The number of phosphoric acid groups is 1. The summed E-state index contributed by atoms with van der Waals surface area (Å²) in [6.07, 6.45) is 34.0. The largest absolute Gasteiger partial charge is 0.469 e. The van der Waals surface area contributed by atoms with Crippen LogP contribution in [-0.2, 0) is 28.2 Å². The summed E-state index contributed by atoms with van der Waals surface area (Å²) in [5.41, 5.74) is 0. The van der Waals surface area contributed by atoms with Crippen LogP contribution < -0.4 is 0 Å². The molecule has 50 heavy (non-hydrogen) atoms. The van der Waals surface area contributed by atoms with E-state index in [0.29, 0.717) is 6.42 Å². The minimum Gasteiger partial charge on any atom is -0.462 e. The Morgan fingerprint density at radius 3 is 1.76 bits per heavy atom. The molecule has 0 amide bonds. The second-order valence-corrected chi connectivity index (χ2v) is 13.7. The van der Waals surface area contributed by atoms with Gasteiger partial charge >= 0.3 is 19.8 Å².